The molecule has 5 rings (SSSR count). The minimum atomic E-state index is -1.09. The topological polar surface area (TPSA) is 142 Å². The second-order valence-corrected chi connectivity index (χ2v) is 12.6. The van der Waals surface area contributed by atoms with Gasteiger partial charge in [0.1, 0.15) is 42.1 Å². The maximum atomic E-state index is 15.0. The van der Waals surface area contributed by atoms with Gasteiger partial charge >= 0.3 is 24.1 Å². The van der Waals surface area contributed by atoms with Crippen LogP contribution in [0.3, 0.4) is 0 Å². The van der Waals surface area contributed by atoms with Crippen LogP contribution in [0.1, 0.15) is 57.2 Å². The third kappa shape index (κ3) is 11.1. The summed E-state index contributed by atoms with van der Waals surface area (Å²) < 4.78 is 71.0. The van der Waals surface area contributed by atoms with Crippen LogP contribution in [0.2, 0.25) is 0 Å². The van der Waals surface area contributed by atoms with Crippen molar-refractivity contribution in [2.75, 3.05) is 52.9 Å². The summed E-state index contributed by atoms with van der Waals surface area (Å²) in [6.07, 6.45) is -1.09. The Morgan fingerprint density at radius 1 is 0.589 bits per heavy atom. The first-order valence-electron chi connectivity index (χ1n) is 17.6. The Hall–Kier alpha value is -5.96. The molecule has 0 N–H and O–H groups in total. The molecule has 0 fully saturated rings. The minimum Gasteiger partial charge on any atom is -0.460 e. The summed E-state index contributed by atoms with van der Waals surface area (Å²) in [6, 6.07) is 17.7. The van der Waals surface area contributed by atoms with Gasteiger partial charge in [0.2, 0.25) is 0 Å². The average Bonchev–Trinajstić information content (AvgIpc) is 3.43. The number of benzene rings is 4. The fourth-order valence-corrected chi connectivity index (χ4v) is 5.59. The standard InChI is InChI=1S/C42H40F2O12/c1-25(2)39(45)52-19-17-50-15-13-49-14-16-51-18-20-53-42(48)56-30-8-12-34(38(44)24-30)41(47)55-29-7-11-32-31-10-6-28(22-35(31)27(4)36(32)23-29)54-40(46)33-9-5-26(3)21-37(33)43/h5-12,21-24,27H,1,13-20H2,2-4H3. The van der Waals surface area contributed by atoms with Gasteiger partial charge in [-0.3, -0.25) is 0 Å². The molecule has 0 spiro atoms. The number of hydrogen-bond acceptors (Lipinski definition) is 12. The average molecular weight is 775 g/mol. The third-order valence-corrected chi connectivity index (χ3v) is 8.40. The zero-order chi connectivity index (χ0) is 40.2. The summed E-state index contributed by atoms with van der Waals surface area (Å²) in [5.74, 6) is -3.84. The predicted octanol–water partition coefficient (Wildman–Crippen LogP) is 7.53. The third-order valence-electron chi connectivity index (χ3n) is 8.40. The van der Waals surface area contributed by atoms with Crippen LogP contribution in [0.15, 0.2) is 84.9 Å². The molecule has 0 amide bonds. The highest BCUT2D eigenvalue weighted by atomic mass is 19.1. The lowest BCUT2D eigenvalue weighted by Crippen LogP contribution is -2.17. The number of rotatable bonds is 18. The summed E-state index contributed by atoms with van der Waals surface area (Å²) in [5, 5.41) is 0. The molecule has 0 saturated carbocycles. The Morgan fingerprint density at radius 2 is 1.04 bits per heavy atom. The molecular formula is C42H40F2O12. The molecular weight excluding hydrogens is 734 g/mol. The highest BCUT2D eigenvalue weighted by Gasteiger charge is 2.28. The van der Waals surface area contributed by atoms with Crippen LogP contribution in [0, 0.1) is 18.6 Å². The van der Waals surface area contributed by atoms with E-state index in [1.165, 1.54) is 18.2 Å². The van der Waals surface area contributed by atoms with Crippen molar-refractivity contribution in [1.29, 1.82) is 0 Å². The van der Waals surface area contributed by atoms with Gasteiger partial charge in [0.15, 0.2) is 0 Å². The van der Waals surface area contributed by atoms with Gasteiger partial charge in [0.05, 0.1) is 50.8 Å². The Kier molecular flexibility index (Phi) is 14.4. The van der Waals surface area contributed by atoms with Gasteiger partial charge in [-0.1, -0.05) is 31.7 Å². The van der Waals surface area contributed by atoms with Gasteiger partial charge < -0.3 is 37.9 Å². The van der Waals surface area contributed by atoms with Crippen LogP contribution >= 0.6 is 0 Å². The Balaban J connectivity index is 1.02. The summed E-state index contributed by atoms with van der Waals surface area (Å²) in [6.45, 7) is 10.1. The van der Waals surface area contributed by atoms with Crippen molar-refractivity contribution in [1.82, 2.24) is 0 Å². The molecule has 4 aromatic carbocycles. The van der Waals surface area contributed by atoms with Gasteiger partial charge in [-0.05, 0) is 90.2 Å². The summed E-state index contributed by atoms with van der Waals surface area (Å²) in [7, 11) is 0. The van der Waals surface area contributed by atoms with E-state index in [2.05, 4.69) is 6.58 Å². The molecule has 1 unspecified atom stereocenters. The predicted molar refractivity (Wildman–Crippen MR) is 197 cm³/mol. The molecule has 56 heavy (non-hydrogen) atoms. The summed E-state index contributed by atoms with van der Waals surface area (Å²) in [5.41, 5.74) is 3.90. The number of hydrogen-bond donors (Lipinski definition) is 0. The van der Waals surface area contributed by atoms with Crippen LogP contribution < -0.4 is 14.2 Å². The highest BCUT2D eigenvalue weighted by Crippen LogP contribution is 2.47. The first kappa shape index (κ1) is 41.2. The van der Waals surface area contributed by atoms with Crippen LogP contribution in [-0.4, -0.2) is 76.9 Å². The Bertz CT molecular complexity index is 2100. The van der Waals surface area contributed by atoms with E-state index in [4.69, 9.17) is 37.9 Å². The van der Waals surface area contributed by atoms with Crippen molar-refractivity contribution in [3.05, 3.63) is 124 Å². The van der Waals surface area contributed by atoms with Crippen molar-refractivity contribution >= 4 is 24.1 Å². The van der Waals surface area contributed by atoms with Crippen LogP contribution in [-0.2, 0) is 28.5 Å². The van der Waals surface area contributed by atoms with E-state index in [0.29, 0.717) is 24.4 Å². The molecule has 0 aliphatic heterocycles. The number of carbonyl (C=O) groups excluding carboxylic acids is 4. The molecule has 0 saturated heterocycles. The lowest BCUT2D eigenvalue weighted by Gasteiger charge is -2.11. The number of esters is 3. The van der Waals surface area contributed by atoms with Gasteiger partial charge in [0.25, 0.3) is 0 Å². The zero-order valence-corrected chi connectivity index (χ0v) is 31.0. The molecule has 0 heterocycles. The van der Waals surface area contributed by atoms with E-state index in [-0.39, 0.29) is 73.9 Å². The zero-order valence-electron chi connectivity index (χ0n) is 31.0. The molecule has 14 heteroatoms. The smallest absolute Gasteiger partial charge is 0.460 e. The number of ether oxygens (including phenoxy) is 8. The first-order valence-corrected chi connectivity index (χ1v) is 17.6. The molecule has 4 aromatic rings. The minimum absolute atomic E-state index is 0.0586. The molecule has 0 radical (unpaired) electrons. The second kappa shape index (κ2) is 19.6. The highest BCUT2D eigenvalue weighted by molar-refractivity contribution is 5.93. The monoisotopic (exact) mass is 774 g/mol. The molecule has 12 nitrogen and oxygen atoms in total. The number of carbonyl (C=O) groups is 4. The molecule has 1 aliphatic carbocycles. The van der Waals surface area contributed by atoms with Crippen LogP contribution in [0.5, 0.6) is 17.2 Å². The fraction of sp³-hybridized carbons (Fsp3) is 0.286. The summed E-state index contributed by atoms with van der Waals surface area (Å²) >= 11 is 0. The van der Waals surface area contributed by atoms with Gasteiger partial charge in [-0.15, -0.1) is 0 Å². The van der Waals surface area contributed by atoms with Crippen molar-refractivity contribution in [3.63, 3.8) is 0 Å². The lowest BCUT2D eigenvalue weighted by atomic mass is 9.99. The molecule has 0 aromatic heterocycles. The maximum Gasteiger partial charge on any atom is 0.513 e. The normalized spacial score (nSPS) is 12.6. The SMILES string of the molecule is C=C(C)C(=O)OCCOCCOCCOCCOC(=O)Oc1ccc(C(=O)Oc2ccc3c(c2)C(C)c2cc(OC(=O)c4ccc(C)cc4F)ccc2-3)c(F)c1. The largest absolute Gasteiger partial charge is 0.513 e. The summed E-state index contributed by atoms with van der Waals surface area (Å²) in [4.78, 5) is 48.9. The van der Waals surface area contributed by atoms with Gasteiger partial charge in [-0.2, -0.15) is 0 Å². The van der Waals surface area contributed by atoms with Crippen molar-refractivity contribution in [3.8, 4) is 28.4 Å². The van der Waals surface area contributed by atoms with Gasteiger partial charge in [-0.25, -0.2) is 28.0 Å². The number of fused-ring (bicyclic) bond motifs is 3. The van der Waals surface area contributed by atoms with E-state index in [9.17, 15) is 28.0 Å². The van der Waals surface area contributed by atoms with E-state index in [1.54, 1.807) is 56.3 Å². The molecule has 294 valence electrons. The van der Waals surface area contributed by atoms with Gasteiger partial charge in [0, 0.05) is 17.6 Å². The Morgan fingerprint density at radius 3 is 1.54 bits per heavy atom. The molecule has 0 bridgehead atoms. The van der Waals surface area contributed by atoms with Crippen molar-refractivity contribution in [2.45, 2.75) is 26.7 Å². The van der Waals surface area contributed by atoms with Crippen LogP contribution in [0.4, 0.5) is 13.6 Å². The van der Waals surface area contributed by atoms with E-state index in [1.807, 2.05) is 6.92 Å². The molecule has 1 atom stereocenters. The lowest BCUT2D eigenvalue weighted by molar-refractivity contribution is -0.140. The van der Waals surface area contributed by atoms with Crippen molar-refractivity contribution < 1.29 is 65.9 Å². The fourth-order valence-electron chi connectivity index (χ4n) is 5.59. The quantitative estimate of drug-likeness (QED) is 0.0324. The number of halogens is 2. The van der Waals surface area contributed by atoms with Crippen LogP contribution in [0.25, 0.3) is 11.1 Å². The second-order valence-electron chi connectivity index (χ2n) is 12.6. The van der Waals surface area contributed by atoms with E-state index >= 15 is 0 Å². The van der Waals surface area contributed by atoms with Crippen molar-refractivity contribution in [2.24, 2.45) is 0 Å². The molecule has 1 aliphatic rings. The number of aryl methyl sites for hydroxylation is 1. The van der Waals surface area contributed by atoms with E-state index in [0.717, 1.165) is 34.4 Å². The Labute approximate surface area is 321 Å². The first-order chi connectivity index (χ1) is 26.9. The maximum absolute atomic E-state index is 15.0. The van der Waals surface area contributed by atoms with E-state index < -0.39 is 35.7 Å².